The normalized spacial score (nSPS) is 10.6. The summed E-state index contributed by atoms with van der Waals surface area (Å²) in [5.41, 5.74) is 5.36. The van der Waals surface area contributed by atoms with E-state index < -0.39 is 0 Å². The summed E-state index contributed by atoms with van der Waals surface area (Å²) in [7, 11) is 0. The molecular formula is C7H14N4S. The van der Waals surface area contributed by atoms with Crippen LogP contribution in [0.25, 0.3) is 0 Å². The van der Waals surface area contributed by atoms with Crippen LogP contribution >= 0.6 is 11.5 Å². The summed E-state index contributed by atoms with van der Waals surface area (Å²) in [6, 6.07) is 0. The van der Waals surface area contributed by atoms with Crippen molar-refractivity contribution in [3.63, 3.8) is 0 Å². The predicted molar refractivity (Wildman–Crippen MR) is 52.3 cm³/mol. The molecule has 0 saturated heterocycles. The van der Waals surface area contributed by atoms with Gasteiger partial charge in [-0.1, -0.05) is 13.8 Å². The quantitative estimate of drug-likeness (QED) is 0.749. The molecule has 1 heterocycles. The van der Waals surface area contributed by atoms with E-state index >= 15 is 0 Å². The molecule has 0 amide bonds. The number of hydrogen-bond acceptors (Lipinski definition) is 5. The van der Waals surface area contributed by atoms with Crippen LogP contribution in [0.3, 0.4) is 0 Å². The van der Waals surface area contributed by atoms with Gasteiger partial charge >= 0.3 is 0 Å². The average Bonchev–Trinajstić information content (AvgIpc) is 2.35. The fraction of sp³-hybridized carbons (Fsp3) is 0.714. The number of nitrogens with zero attached hydrogens (tertiary/aromatic N) is 2. The van der Waals surface area contributed by atoms with Gasteiger partial charge in [0.1, 0.15) is 0 Å². The van der Waals surface area contributed by atoms with Crippen molar-refractivity contribution in [2.45, 2.75) is 20.3 Å². The summed E-state index contributed by atoms with van der Waals surface area (Å²) in [6.45, 7) is 5.32. The second kappa shape index (κ2) is 4.25. The molecule has 0 radical (unpaired) electrons. The Hall–Kier alpha value is -0.840. The molecule has 1 aromatic heterocycles. The SMILES string of the molecule is CC(C)CCNc1nc(N)ns1. The molecule has 12 heavy (non-hydrogen) atoms. The molecule has 1 rings (SSSR count). The molecule has 5 heteroatoms. The molecule has 0 spiro atoms. The molecule has 68 valence electrons. The van der Waals surface area contributed by atoms with E-state index in [4.69, 9.17) is 5.73 Å². The minimum atomic E-state index is 0.354. The smallest absolute Gasteiger partial charge is 0.233 e. The molecule has 0 bridgehead atoms. The van der Waals surface area contributed by atoms with Gasteiger partial charge in [0.05, 0.1) is 0 Å². The second-order valence-corrected chi connectivity index (χ2v) is 3.82. The summed E-state index contributed by atoms with van der Waals surface area (Å²) in [6.07, 6.45) is 1.14. The van der Waals surface area contributed by atoms with E-state index in [1.54, 1.807) is 0 Å². The van der Waals surface area contributed by atoms with Crippen LogP contribution in [0, 0.1) is 5.92 Å². The average molecular weight is 186 g/mol. The molecule has 0 saturated carbocycles. The first kappa shape index (κ1) is 9.25. The third-order valence-electron chi connectivity index (χ3n) is 1.44. The third-order valence-corrected chi connectivity index (χ3v) is 2.13. The molecule has 0 unspecified atom stereocenters. The Morgan fingerprint density at radius 2 is 2.33 bits per heavy atom. The summed E-state index contributed by atoms with van der Waals surface area (Å²) < 4.78 is 3.86. The Morgan fingerprint density at radius 1 is 1.58 bits per heavy atom. The van der Waals surface area contributed by atoms with Crippen molar-refractivity contribution in [2.75, 3.05) is 17.6 Å². The number of hydrogen-bond donors (Lipinski definition) is 2. The zero-order valence-corrected chi connectivity index (χ0v) is 8.19. The van der Waals surface area contributed by atoms with E-state index in [-0.39, 0.29) is 0 Å². The molecule has 0 aromatic carbocycles. The predicted octanol–water partition coefficient (Wildman–Crippen LogP) is 1.58. The topological polar surface area (TPSA) is 63.8 Å². The zero-order valence-electron chi connectivity index (χ0n) is 7.37. The standard InChI is InChI=1S/C7H14N4S/c1-5(2)3-4-9-7-10-6(8)11-12-7/h5H,3-4H2,1-2H3,(H3,8,9,10,11). The highest BCUT2D eigenvalue weighted by atomic mass is 32.1. The lowest BCUT2D eigenvalue weighted by atomic mass is 10.1. The van der Waals surface area contributed by atoms with E-state index in [1.165, 1.54) is 11.5 Å². The van der Waals surface area contributed by atoms with Crippen molar-refractivity contribution in [1.82, 2.24) is 9.36 Å². The molecule has 3 N–H and O–H groups in total. The van der Waals surface area contributed by atoms with Crippen molar-refractivity contribution in [3.05, 3.63) is 0 Å². The fourth-order valence-electron chi connectivity index (χ4n) is 0.774. The van der Waals surface area contributed by atoms with Crippen molar-refractivity contribution < 1.29 is 0 Å². The van der Waals surface area contributed by atoms with E-state index in [2.05, 4.69) is 28.5 Å². The summed E-state index contributed by atoms with van der Waals surface area (Å²) in [5.74, 6) is 1.06. The first-order valence-corrected chi connectivity index (χ1v) is 4.79. The number of anilines is 2. The van der Waals surface area contributed by atoms with Gasteiger partial charge in [-0.3, -0.25) is 0 Å². The van der Waals surface area contributed by atoms with Gasteiger partial charge in [-0.05, 0) is 12.3 Å². The minimum absolute atomic E-state index is 0.354. The van der Waals surface area contributed by atoms with Crippen LogP contribution in [-0.4, -0.2) is 15.9 Å². The molecular weight excluding hydrogens is 172 g/mol. The van der Waals surface area contributed by atoms with Gasteiger partial charge < -0.3 is 11.1 Å². The first-order valence-electron chi connectivity index (χ1n) is 4.01. The van der Waals surface area contributed by atoms with Gasteiger partial charge in [0, 0.05) is 18.1 Å². The van der Waals surface area contributed by atoms with Gasteiger partial charge in [-0.25, -0.2) is 0 Å². The van der Waals surface area contributed by atoms with E-state index in [0.717, 1.165) is 18.1 Å². The number of nitrogen functional groups attached to an aromatic ring is 1. The summed E-state index contributed by atoms with van der Waals surface area (Å²) in [4.78, 5) is 3.98. The number of nitrogens with one attached hydrogen (secondary N) is 1. The van der Waals surface area contributed by atoms with Crippen LogP contribution in [0.1, 0.15) is 20.3 Å². The first-order chi connectivity index (χ1) is 5.68. The van der Waals surface area contributed by atoms with Gasteiger partial charge in [0.2, 0.25) is 11.1 Å². The van der Waals surface area contributed by atoms with Crippen LogP contribution in [0.4, 0.5) is 11.1 Å². The maximum atomic E-state index is 5.36. The Labute approximate surface area is 76.4 Å². The molecule has 0 fully saturated rings. The Balaban J connectivity index is 2.24. The molecule has 4 nitrogen and oxygen atoms in total. The second-order valence-electron chi connectivity index (χ2n) is 3.07. The summed E-state index contributed by atoms with van der Waals surface area (Å²) in [5, 5.41) is 3.97. The lowest BCUT2D eigenvalue weighted by Crippen LogP contribution is -2.04. The largest absolute Gasteiger partial charge is 0.367 e. The fourth-order valence-corrected chi connectivity index (χ4v) is 1.30. The van der Waals surface area contributed by atoms with E-state index in [0.29, 0.717) is 11.9 Å². The number of nitrogens with two attached hydrogens (primary N) is 1. The lowest BCUT2D eigenvalue weighted by molar-refractivity contribution is 0.607. The Bertz CT molecular complexity index is 233. The zero-order chi connectivity index (χ0) is 8.97. The highest BCUT2D eigenvalue weighted by molar-refractivity contribution is 7.09. The Kier molecular flexibility index (Phi) is 3.28. The maximum Gasteiger partial charge on any atom is 0.233 e. The van der Waals surface area contributed by atoms with Crippen molar-refractivity contribution in [3.8, 4) is 0 Å². The van der Waals surface area contributed by atoms with Crippen LogP contribution in [-0.2, 0) is 0 Å². The molecule has 0 aliphatic rings. The monoisotopic (exact) mass is 186 g/mol. The van der Waals surface area contributed by atoms with Crippen molar-refractivity contribution in [1.29, 1.82) is 0 Å². The number of aromatic nitrogens is 2. The van der Waals surface area contributed by atoms with E-state index in [9.17, 15) is 0 Å². The van der Waals surface area contributed by atoms with Crippen LogP contribution in [0.15, 0.2) is 0 Å². The van der Waals surface area contributed by atoms with Gasteiger partial charge in [-0.2, -0.15) is 9.36 Å². The van der Waals surface area contributed by atoms with Crippen LogP contribution in [0.5, 0.6) is 0 Å². The van der Waals surface area contributed by atoms with Gasteiger partial charge in [0.25, 0.3) is 0 Å². The molecule has 0 aliphatic heterocycles. The minimum Gasteiger partial charge on any atom is -0.367 e. The van der Waals surface area contributed by atoms with E-state index in [1.807, 2.05) is 0 Å². The van der Waals surface area contributed by atoms with Gasteiger partial charge in [-0.15, -0.1) is 0 Å². The lowest BCUT2D eigenvalue weighted by Gasteiger charge is -2.03. The van der Waals surface area contributed by atoms with Crippen LogP contribution in [0.2, 0.25) is 0 Å². The maximum absolute atomic E-state index is 5.36. The van der Waals surface area contributed by atoms with Crippen molar-refractivity contribution in [2.24, 2.45) is 5.92 Å². The van der Waals surface area contributed by atoms with Gasteiger partial charge in [0.15, 0.2) is 0 Å². The molecule has 0 atom stereocenters. The molecule has 0 aliphatic carbocycles. The van der Waals surface area contributed by atoms with Crippen LogP contribution < -0.4 is 11.1 Å². The Morgan fingerprint density at radius 3 is 2.83 bits per heavy atom. The third kappa shape index (κ3) is 3.04. The van der Waals surface area contributed by atoms with Crippen molar-refractivity contribution >= 4 is 22.6 Å². The highest BCUT2D eigenvalue weighted by Crippen LogP contribution is 2.12. The summed E-state index contributed by atoms with van der Waals surface area (Å²) >= 11 is 1.30. The molecule has 1 aromatic rings. The number of rotatable bonds is 4. The highest BCUT2D eigenvalue weighted by Gasteiger charge is 1.99.